The van der Waals surface area contributed by atoms with Gasteiger partial charge in [0.15, 0.2) is 17.3 Å². The molecule has 0 radical (unpaired) electrons. The van der Waals surface area contributed by atoms with Crippen LogP contribution >= 0.6 is 11.3 Å². The lowest BCUT2D eigenvalue weighted by Crippen LogP contribution is -2.37. The highest BCUT2D eigenvalue weighted by Gasteiger charge is 2.33. The molecule has 3 rings (SSSR count). The van der Waals surface area contributed by atoms with Gasteiger partial charge in [0, 0.05) is 31.6 Å². The fourth-order valence-electron chi connectivity index (χ4n) is 2.42. The minimum Gasteiger partial charge on any atom is -0.356 e. The second-order valence-electron chi connectivity index (χ2n) is 5.63. The molecule has 3 heterocycles. The third-order valence-electron chi connectivity index (χ3n) is 3.73. The molecule has 3 aromatic heterocycles. The molecule has 0 saturated carbocycles. The largest absolute Gasteiger partial charge is 0.434 e. The number of nitrogens with one attached hydrogen (secondary N) is 2. The molecule has 0 saturated heterocycles. The number of thiazole rings is 1. The maximum atomic E-state index is 12.6. The van der Waals surface area contributed by atoms with Gasteiger partial charge in [0.05, 0.1) is 6.54 Å². The molecule has 7 nitrogen and oxygen atoms in total. The lowest BCUT2D eigenvalue weighted by Gasteiger charge is -2.10. The lowest BCUT2D eigenvalue weighted by atomic mass is 10.3. The first-order valence-corrected chi connectivity index (χ1v) is 9.10. The maximum absolute atomic E-state index is 12.6. The first-order valence-electron chi connectivity index (χ1n) is 8.22. The number of alkyl halides is 3. The van der Waals surface area contributed by atoms with Crippen LogP contribution < -0.4 is 10.6 Å². The third-order valence-corrected chi connectivity index (χ3v) is 4.58. The molecule has 11 heteroatoms. The molecule has 0 aliphatic heterocycles. The predicted octanol–water partition coefficient (Wildman–Crippen LogP) is 2.50. The quantitative estimate of drug-likeness (QED) is 0.380. The Bertz CT molecular complexity index is 916. The van der Waals surface area contributed by atoms with Crippen LogP contribution in [0.2, 0.25) is 0 Å². The van der Waals surface area contributed by atoms with Gasteiger partial charge in [-0.15, -0.1) is 21.5 Å². The highest BCUT2D eigenvalue weighted by atomic mass is 32.1. The molecular formula is C16H18F3N7S. The predicted molar refractivity (Wildman–Crippen MR) is 96.6 cm³/mol. The van der Waals surface area contributed by atoms with Crippen molar-refractivity contribution in [2.24, 2.45) is 4.99 Å². The summed E-state index contributed by atoms with van der Waals surface area (Å²) in [4.78, 5) is 7.64. The Morgan fingerprint density at radius 1 is 1.26 bits per heavy atom. The van der Waals surface area contributed by atoms with Crippen LogP contribution in [0.15, 0.2) is 34.8 Å². The van der Waals surface area contributed by atoms with Crippen LogP contribution in [0.3, 0.4) is 0 Å². The molecule has 0 bridgehead atoms. The number of guanidine groups is 1. The fourth-order valence-corrected chi connectivity index (χ4v) is 3.16. The zero-order chi connectivity index (χ0) is 19.3. The van der Waals surface area contributed by atoms with E-state index in [-0.39, 0.29) is 6.54 Å². The number of aliphatic imine (C=N–C) groups is 1. The number of halogens is 3. The van der Waals surface area contributed by atoms with Crippen molar-refractivity contribution in [2.75, 3.05) is 13.6 Å². The van der Waals surface area contributed by atoms with Crippen molar-refractivity contribution >= 4 is 22.9 Å². The van der Waals surface area contributed by atoms with Gasteiger partial charge in [0.2, 0.25) is 0 Å². The zero-order valence-corrected chi connectivity index (χ0v) is 15.3. The number of pyridine rings is 1. The number of fused-ring (bicyclic) bond motifs is 1. The van der Waals surface area contributed by atoms with Gasteiger partial charge in [0.1, 0.15) is 10.8 Å². The van der Waals surface area contributed by atoms with Crippen molar-refractivity contribution in [1.29, 1.82) is 0 Å². The smallest absolute Gasteiger partial charge is 0.356 e. The van der Waals surface area contributed by atoms with E-state index < -0.39 is 11.9 Å². The summed E-state index contributed by atoms with van der Waals surface area (Å²) in [7, 11) is 1.60. The molecule has 0 unspecified atom stereocenters. The number of aromatic nitrogens is 4. The Morgan fingerprint density at radius 2 is 2.11 bits per heavy atom. The molecule has 0 aromatic carbocycles. The molecule has 0 aliphatic rings. The van der Waals surface area contributed by atoms with Gasteiger partial charge in [0.25, 0.3) is 0 Å². The van der Waals surface area contributed by atoms with E-state index in [9.17, 15) is 13.2 Å². The molecule has 3 aromatic rings. The van der Waals surface area contributed by atoms with E-state index in [4.69, 9.17) is 0 Å². The Balaban J connectivity index is 1.43. The van der Waals surface area contributed by atoms with Crippen LogP contribution in [0.25, 0.3) is 5.65 Å². The van der Waals surface area contributed by atoms with Crippen molar-refractivity contribution in [3.63, 3.8) is 0 Å². The van der Waals surface area contributed by atoms with Crippen LogP contribution in [0.4, 0.5) is 13.2 Å². The average molecular weight is 397 g/mol. The first kappa shape index (κ1) is 19.1. The summed E-state index contributed by atoms with van der Waals surface area (Å²) in [5.41, 5.74) is -0.0626. The van der Waals surface area contributed by atoms with Gasteiger partial charge in [-0.05, 0) is 18.6 Å². The summed E-state index contributed by atoms with van der Waals surface area (Å²) in [6.45, 7) is 0.808. The first-order chi connectivity index (χ1) is 13.0. The topological polar surface area (TPSA) is 79.5 Å². The third kappa shape index (κ3) is 4.94. The highest BCUT2D eigenvalue weighted by molar-refractivity contribution is 7.09. The van der Waals surface area contributed by atoms with Crippen molar-refractivity contribution in [3.8, 4) is 0 Å². The number of rotatable bonds is 6. The SMILES string of the molecule is CN=C(NCCCc1nnc2ccccn12)NCc1nc(C(F)(F)F)cs1. The Kier molecular flexibility index (Phi) is 5.89. The zero-order valence-electron chi connectivity index (χ0n) is 14.5. The van der Waals surface area contributed by atoms with Crippen LogP contribution in [0.5, 0.6) is 0 Å². The molecule has 0 aliphatic carbocycles. The number of aryl methyl sites for hydroxylation is 1. The standard InChI is InChI=1S/C16H18F3N7S/c1-20-15(22-9-14-23-11(10-27-14)16(17,18)19)21-7-4-6-13-25-24-12-5-2-3-8-26(12)13/h2-3,5,8,10H,4,6-7,9H2,1H3,(H2,20,21,22). The average Bonchev–Trinajstić information content (AvgIpc) is 3.28. The number of nitrogens with zero attached hydrogens (tertiary/aromatic N) is 5. The summed E-state index contributed by atoms with van der Waals surface area (Å²) < 4.78 is 39.6. The molecular weight excluding hydrogens is 379 g/mol. The van der Waals surface area contributed by atoms with Crippen molar-refractivity contribution in [1.82, 2.24) is 30.2 Å². The van der Waals surface area contributed by atoms with E-state index in [1.807, 2.05) is 28.8 Å². The Labute approximate surface area is 157 Å². The summed E-state index contributed by atoms with van der Waals surface area (Å²) in [6.07, 6.45) is -0.967. The molecule has 144 valence electrons. The fraction of sp³-hybridized carbons (Fsp3) is 0.375. The van der Waals surface area contributed by atoms with E-state index in [0.717, 1.165) is 41.0 Å². The molecule has 0 amide bonds. The van der Waals surface area contributed by atoms with Gasteiger partial charge in [-0.1, -0.05) is 6.07 Å². The summed E-state index contributed by atoms with van der Waals surface area (Å²) in [5.74, 6) is 1.38. The highest BCUT2D eigenvalue weighted by Crippen LogP contribution is 2.29. The van der Waals surface area contributed by atoms with Gasteiger partial charge in [-0.25, -0.2) is 4.98 Å². The van der Waals surface area contributed by atoms with Crippen molar-refractivity contribution in [3.05, 3.63) is 46.3 Å². The van der Waals surface area contributed by atoms with Crippen LogP contribution in [-0.2, 0) is 19.1 Å². The molecule has 0 fully saturated rings. The maximum Gasteiger partial charge on any atom is 0.434 e. The Hall–Kier alpha value is -2.69. The second-order valence-corrected chi connectivity index (χ2v) is 6.57. The van der Waals surface area contributed by atoms with Crippen molar-refractivity contribution < 1.29 is 13.2 Å². The van der Waals surface area contributed by atoms with E-state index in [2.05, 4.69) is 30.8 Å². The van der Waals surface area contributed by atoms with Crippen LogP contribution in [-0.4, -0.2) is 39.1 Å². The molecule has 2 N–H and O–H groups in total. The minimum atomic E-state index is -4.42. The summed E-state index contributed by atoms with van der Waals surface area (Å²) in [6, 6.07) is 5.72. The number of hydrogen-bond acceptors (Lipinski definition) is 5. The molecule has 27 heavy (non-hydrogen) atoms. The van der Waals surface area contributed by atoms with E-state index in [1.165, 1.54) is 0 Å². The van der Waals surface area contributed by atoms with Gasteiger partial charge < -0.3 is 10.6 Å². The van der Waals surface area contributed by atoms with E-state index >= 15 is 0 Å². The molecule has 0 atom stereocenters. The Morgan fingerprint density at radius 3 is 2.85 bits per heavy atom. The molecule has 0 spiro atoms. The monoisotopic (exact) mass is 397 g/mol. The van der Waals surface area contributed by atoms with E-state index in [1.54, 1.807) is 7.05 Å². The summed E-state index contributed by atoms with van der Waals surface area (Å²) >= 11 is 0.962. The van der Waals surface area contributed by atoms with Gasteiger partial charge in [-0.3, -0.25) is 9.39 Å². The van der Waals surface area contributed by atoms with E-state index in [0.29, 0.717) is 17.5 Å². The van der Waals surface area contributed by atoms with Crippen LogP contribution in [0, 0.1) is 0 Å². The van der Waals surface area contributed by atoms with Gasteiger partial charge in [-0.2, -0.15) is 13.2 Å². The number of hydrogen-bond donors (Lipinski definition) is 2. The minimum absolute atomic E-state index is 0.176. The lowest BCUT2D eigenvalue weighted by molar-refractivity contribution is -0.140. The van der Waals surface area contributed by atoms with Gasteiger partial charge >= 0.3 is 6.18 Å². The van der Waals surface area contributed by atoms with Crippen molar-refractivity contribution in [2.45, 2.75) is 25.6 Å². The normalized spacial score (nSPS) is 12.5. The van der Waals surface area contributed by atoms with Crippen LogP contribution in [0.1, 0.15) is 22.9 Å². The summed E-state index contributed by atoms with van der Waals surface area (Å²) in [5, 5.41) is 15.7. The second kappa shape index (κ2) is 8.33.